The lowest BCUT2D eigenvalue weighted by atomic mass is 10.1. The van der Waals surface area contributed by atoms with Gasteiger partial charge in [-0.1, -0.05) is 12.1 Å². The van der Waals surface area contributed by atoms with Crippen LogP contribution in [0.15, 0.2) is 36.5 Å². The minimum absolute atomic E-state index is 0.280. The highest BCUT2D eigenvalue weighted by molar-refractivity contribution is 6.17. The predicted octanol–water partition coefficient (Wildman–Crippen LogP) is 3.06. The fraction of sp³-hybridized carbons (Fsp3) is 0.167. The third-order valence-electron chi connectivity index (χ3n) is 2.17. The molecule has 0 saturated carbocycles. The van der Waals surface area contributed by atoms with Gasteiger partial charge in [-0.2, -0.15) is 0 Å². The largest absolute Gasteiger partial charge is 0.241 e. The standard InChI is InChI=1S/C12H10ClFN2/c13-7-5-12-15-8-6-11(16-12)9-3-1-2-4-10(9)14/h1-4,6,8H,5,7H2. The second-order valence-electron chi connectivity index (χ2n) is 3.28. The summed E-state index contributed by atoms with van der Waals surface area (Å²) in [6, 6.07) is 8.23. The molecule has 4 heteroatoms. The first kappa shape index (κ1) is 11.0. The molecule has 1 aromatic carbocycles. The Morgan fingerprint density at radius 2 is 2.00 bits per heavy atom. The highest BCUT2D eigenvalue weighted by atomic mass is 35.5. The maximum atomic E-state index is 13.5. The van der Waals surface area contributed by atoms with Gasteiger partial charge < -0.3 is 0 Å². The molecule has 1 aromatic heterocycles. The summed E-state index contributed by atoms with van der Waals surface area (Å²) in [4.78, 5) is 8.32. The quantitative estimate of drug-likeness (QED) is 0.766. The van der Waals surface area contributed by atoms with Gasteiger partial charge in [0, 0.05) is 24.1 Å². The van der Waals surface area contributed by atoms with E-state index in [4.69, 9.17) is 11.6 Å². The lowest BCUT2D eigenvalue weighted by Crippen LogP contribution is -1.97. The van der Waals surface area contributed by atoms with Crippen molar-refractivity contribution in [2.45, 2.75) is 6.42 Å². The van der Waals surface area contributed by atoms with E-state index in [0.717, 1.165) is 0 Å². The lowest BCUT2D eigenvalue weighted by molar-refractivity contribution is 0.630. The second-order valence-corrected chi connectivity index (χ2v) is 3.65. The molecule has 0 spiro atoms. The zero-order valence-electron chi connectivity index (χ0n) is 8.53. The van der Waals surface area contributed by atoms with Gasteiger partial charge in [-0.15, -0.1) is 11.6 Å². The van der Waals surface area contributed by atoms with E-state index in [-0.39, 0.29) is 5.82 Å². The number of halogens is 2. The molecule has 0 fully saturated rings. The molecule has 2 nitrogen and oxygen atoms in total. The van der Waals surface area contributed by atoms with Crippen molar-refractivity contribution in [3.8, 4) is 11.3 Å². The van der Waals surface area contributed by atoms with Crippen LogP contribution in [0.25, 0.3) is 11.3 Å². The van der Waals surface area contributed by atoms with Crippen LogP contribution in [0.1, 0.15) is 5.82 Å². The number of hydrogen-bond donors (Lipinski definition) is 0. The maximum Gasteiger partial charge on any atom is 0.132 e. The van der Waals surface area contributed by atoms with E-state index in [2.05, 4.69) is 9.97 Å². The van der Waals surface area contributed by atoms with Crippen molar-refractivity contribution >= 4 is 11.6 Å². The summed E-state index contributed by atoms with van der Waals surface area (Å²) in [5, 5.41) is 0. The molecule has 0 unspecified atom stereocenters. The van der Waals surface area contributed by atoms with Crippen LogP contribution in [0.2, 0.25) is 0 Å². The van der Waals surface area contributed by atoms with Crippen LogP contribution in [0.3, 0.4) is 0 Å². The number of aromatic nitrogens is 2. The molecular formula is C12H10ClFN2. The van der Waals surface area contributed by atoms with Crippen LogP contribution in [-0.2, 0) is 6.42 Å². The van der Waals surface area contributed by atoms with E-state index in [9.17, 15) is 4.39 Å². The van der Waals surface area contributed by atoms with E-state index < -0.39 is 0 Å². The topological polar surface area (TPSA) is 25.8 Å². The van der Waals surface area contributed by atoms with E-state index in [0.29, 0.717) is 29.4 Å². The van der Waals surface area contributed by atoms with Crippen LogP contribution in [0.5, 0.6) is 0 Å². The fourth-order valence-electron chi connectivity index (χ4n) is 1.42. The first-order chi connectivity index (χ1) is 7.81. The Hall–Kier alpha value is -1.48. The normalized spacial score (nSPS) is 10.4. The number of alkyl halides is 1. The summed E-state index contributed by atoms with van der Waals surface area (Å²) in [6.45, 7) is 0. The molecule has 0 aliphatic carbocycles. The second kappa shape index (κ2) is 5.03. The fourth-order valence-corrected chi connectivity index (χ4v) is 1.59. The van der Waals surface area contributed by atoms with Gasteiger partial charge in [0.1, 0.15) is 11.6 Å². The van der Waals surface area contributed by atoms with E-state index >= 15 is 0 Å². The van der Waals surface area contributed by atoms with Gasteiger partial charge in [-0.25, -0.2) is 14.4 Å². The number of aryl methyl sites for hydroxylation is 1. The van der Waals surface area contributed by atoms with Crippen LogP contribution < -0.4 is 0 Å². The molecule has 2 aromatic rings. The summed E-state index contributed by atoms with van der Waals surface area (Å²) in [5.41, 5.74) is 1.08. The summed E-state index contributed by atoms with van der Waals surface area (Å²) >= 11 is 5.61. The minimum Gasteiger partial charge on any atom is -0.241 e. The van der Waals surface area contributed by atoms with Crippen LogP contribution >= 0.6 is 11.6 Å². The minimum atomic E-state index is -0.280. The highest BCUT2D eigenvalue weighted by Gasteiger charge is 2.06. The SMILES string of the molecule is Fc1ccccc1-c1ccnc(CCCl)n1. The monoisotopic (exact) mass is 236 g/mol. The first-order valence-corrected chi connectivity index (χ1v) is 5.47. The molecule has 82 valence electrons. The molecule has 0 aliphatic heterocycles. The van der Waals surface area contributed by atoms with Crippen molar-refractivity contribution in [1.29, 1.82) is 0 Å². The summed E-state index contributed by atoms with van der Waals surface area (Å²) in [7, 11) is 0. The van der Waals surface area contributed by atoms with Crippen molar-refractivity contribution in [1.82, 2.24) is 9.97 Å². The smallest absolute Gasteiger partial charge is 0.132 e. The zero-order valence-corrected chi connectivity index (χ0v) is 9.28. The molecular weight excluding hydrogens is 227 g/mol. The Morgan fingerprint density at radius 3 is 2.75 bits per heavy atom. The molecule has 16 heavy (non-hydrogen) atoms. The van der Waals surface area contributed by atoms with Gasteiger partial charge >= 0.3 is 0 Å². The summed E-state index contributed by atoms with van der Waals surface area (Å²) in [6.07, 6.45) is 2.21. The van der Waals surface area contributed by atoms with Gasteiger partial charge in [0.2, 0.25) is 0 Å². The zero-order chi connectivity index (χ0) is 11.4. The third kappa shape index (κ3) is 2.36. The number of benzene rings is 1. The van der Waals surface area contributed by atoms with Crippen molar-refractivity contribution < 1.29 is 4.39 Å². The molecule has 0 amide bonds. The molecule has 0 radical (unpaired) electrons. The van der Waals surface area contributed by atoms with Gasteiger partial charge in [-0.05, 0) is 18.2 Å². The lowest BCUT2D eigenvalue weighted by Gasteiger charge is -2.03. The van der Waals surface area contributed by atoms with Crippen molar-refractivity contribution in [2.24, 2.45) is 0 Å². The Balaban J connectivity index is 2.40. The average Bonchev–Trinajstić information content (AvgIpc) is 2.30. The Labute approximate surface area is 98.1 Å². The maximum absolute atomic E-state index is 13.5. The molecule has 0 N–H and O–H groups in total. The van der Waals surface area contributed by atoms with Crippen molar-refractivity contribution in [3.05, 3.63) is 48.2 Å². The molecule has 0 saturated heterocycles. The average molecular weight is 237 g/mol. The Bertz CT molecular complexity index is 488. The molecule has 2 rings (SSSR count). The van der Waals surface area contributed by atoms with E-state index in [1.54, 1.807) is 30.5 Å². The van der Waals surface area contributed by atoms with Gasteiger partial charge in [0.25, 0.3) is 0 Å². The predicted molar refractivity (Wildman–Crippen MR) is 61.9 cm³/mol. The number of rotatable bonds is 3. The third-order valence-corrected chi connectivity index (χ3v) is 2.36. The Kier molecular flexibility index (Phi) is 3.47. The number of nitrogens with zero attached hydrogens (tertiary/aromatic N) is 2. The molecule has 0 bridgehead atoms. The van der Waals surface area contributed by atoms with Gasteiger partial charge in [0.15, 0.2) is 0 Å². The summed E-state index contributed by atoms with van der Waals surface area (Å²) < 4.78 is 13.5. The van der Waals surface area contributed by atoms with Gasteiger partial charge in [0.05, 0.1) is 5.69 Å². The van der Waals surface area contributed by atoms with Crippen molar-refractivity contribution in [2.75, 3.05) is 5.88 Å². The molecule has 1 heterocycles. The van der Waals surface area contributed by atoms with E-state index in [1.807, 2.05) is 0 Å². The van der Waals surface area contributed by atoms with Crippen molar-refractivity contribution in [3.63, 3.8) is 0 Å². The van der Waals surface area contributed by atoms with Crippen LogP contribution in [-0.4, -0.2) is 15.8 Å². The highest BCUT2D eigenvalue weighted by Crippen LogP contribution is 2.19. The van der Waals surface area contributed by atoms with E-state index in [1.165, 1.54) is 6.07 Å². The molecule has 0 aliphatic rings. The first-order valence-electron chi connectivity index (χ1n) is 4.94. The summed E-state index contributed by atoms with van der Waals surface area (Å²) in [5.74, 6) is 0.814. The van der Waals surface area contributed by atoms with Crippen LogP contribution in [0, 0.1) is 5.82 Å². The Morgan fingerprint density at radius 1 is 1.19 bits per heavy atom. The molecule has 0 atom stereocenters. The van der Waals surface area contributed by atoms with Gasteiger partial charge in [-0.3, -0.25) is 0 Å². The number of hydrogen-bond acceptors (Lipinski definition) is 2. The van der Waals surface area contributed by atoms with Crippen LogP contribution in [0.4, 0.5) is 4.39 Å².